The summed E-state index contributed by atoms with van der Waals surface area (Å²) in [5.41, 5.74) is 1.70. The predicted octanol–water partition coefficient (Wildman–Crippen LogP) is 6.04. The van der Waals surface area contributed by atoms with Crippen LogP contribution < -0.4 is 9.47 Å². The van der Waals surface area contributed by atoms with Crippen LogP contribution in [0.5, 0.6) is 11.5 Å². The van der Waals surface area contributed by atoms with Gasteiger partial charge in [-0.15, -0.1) is 0 Å². The Morgan fingerprint density at radius 1 is 1.19 bits per heavy atom. The zero-order chi connectivity index (χ0) is 22.4. The standard InChI is InChI=1S/C23H16ClFN2O4/c1-30-23-12-15(11-17(13-26)16-6-8-18(9-7-16)27(28)29)5-10-22(23)31-14-19-20(24)3-2-4-21(19)25/h2-12H,14H2,1H3. The number of nitro benzene ring substituents is 1. The highest BCUT2D eigenvalue weighted by Gasteiger charge is 2.12. The van der Waals surface area contributed by atoms with Gasteiger partial charge in [0.05, 0.1) is 28.7 Å². The van der Waals surface area contributed by atoms with E-state index < -0.39 is 10.7 Å². The van der Waals surface area contributed by atoms with E-state index in [2.05, 4.69) is 6.07 Å². The van der Waals surface area contributed by atoms with Gasteiger partial charge < -0.3 is 9.47 Å². The number of ether oxygens (including phenoxy) is 2. The summed E-state index contributed by atoms with van der Waals surface area (Å²) >= 11 is 6.03. The summed E-state index contributed by atoms with van der Waals surface area (Å²) in [4.78, 5) is 10.3. The van der Waals surface area contributed by atoms with Crippen LogP contribution in [0.4, 0.5) is 10.1 Å². The van der Waals surface area contributed by atoms with E-state index in [1.165, 1.54) is 43.5 Å². The summed E-state index contributed by atoms with van der Waals surface area (Å²) in [6.45, 7) is -0.0801. The molecule has 3 aromatic rings. The first-order valence-corrected chi connectivity index (χ1v) is 9.41. The summed E-state index contributed by atoms with van der Waals surface area (Å²) < 4.78 is 25.0. The molecule has 3 rings (SSSR count). The molecule has 0 saturated heterocycles. The lowest BCUT2D eigenvalue weighted by molar-refractivity contribution is -0.384. The number of methoxy groups -OCH3 is 1. The Balaban J connectivity index is 1.84. The maximum Gasteiger partial charge on any atom is 0.269 e. The molecule has 0 aliphatic heterocycles. The van der Waals surface area contributed by atoms with Gasteiger partial charge in [-0.2, -0.15) is 5.26 Å². The Morgan fingerprint density at radius 3 is 2.55 bits per heavy atom. The van der Waals surface area contributed by atoms with E-state index >= 15 is 0 Å². The SMILES string of the molecule is COc1cc(C=C(C#N)c2ccc([N+](=O)[O-])cc2)ccc1OCc1c(F)cccc1Cl. The molecule has 0 aliphatic rings. The van der Waals surface area contributed by atoms with Gasteiger partial charge in [-0.1, -0.05) is 23.7 Å². The molecule has 6 nitrogen and oxygen atoms in total. The summed E-state index contributed by atoms with van der Waals surface area (Å²) in [7, 11) is 1.47. The fourth-order valence-electron chi connectivity index (χ4n) is 2.82. The number of benzene rings is 3. The van der Waals surface area contributed by atoms with Gasteiger partial charge in [-0.25, -0.2) is 4.39 Å². The highest BCUT2D eigenvalue weighted by Crippen LogP contribution is 2.31. The van der Waals surface area contributed by atoms with Crippen LogP contribution >= 0.6 is 11.6 Å². The normalized spacial score (nSPS) is 11.0. The topological polar surface area (TPSA) is 85.4 Å². The molecule has 156 valence electrons. The van der Waals surface area contributed by atoms with E-state index in [-0.39, 0.29) is 22.9 Å². The molecule has 0 N–H and O–H groups in total. The molecule has 0 aliphatic carbocycles. The molecule has 8 heteroatoms. The molecule has 0 spiro atoms. The first-order chi connectivity index (χ1) is 14.9. The maximum atomic E-state index is 13.9. The van der Waals surface area contributed by atoms with Crippen molar-refractivity contribution in [3.05, 3.63) is 98.3 Å². The molecular formula is C23H16ClFN2O4. The molecule has 0 atom stereocenters. The van der Waals surface area contributed by atoms with Crippen LogP contribution in [0.1, 0.15) is 16.7 Å². The monoisotopic (exact) mass is 438 g/mol. The van der Waals surface area contributed by atoms with Crippen molar-refractivity contribution >= 4 is 28.9 Å². The van der Waals surface area contributed by atoms with Crippen LogP contribution in [0.2, 0.25) is 5.02 Å². The number of nitro groups is 1. The third kappa shape index (κ3) is 5.18. The zero-order valence-corrected chi connectivity index (χ0v) is 17.1. The molecule has 0 radical (unpaired) electrons. The molecule has 0 saturated carbocycles. The lowest BCUT2D eigenvalue weighted by Gasteiger charge is -2.13. The Morgan fingerprint density at radius 2 is 1.94 bits per heavy atom. The summed E-state index contributed by atoms with van der Waals surface area (Å²) in [5, 5.41) is 20.6. The van der Waals surface area contributed by atoms with Gasteiger partial charge in [0.2, 0.25) is 0 Å². The van der Waals surface area contributed by atoms with Crippen LogP contribution in [0, 0.1) is 27.3 Å². The zero-order valence-electron chi connectivity index (χ0n) is 16.3. The van der Waals surface area contributed by atoms with Crippen LogP contribution in [0.15, 0.2) is 60.7 Å². The van der Waals surface area contributed by atoms with Crippen molar-refractivity contribution in [2.45, 2.75) is 6.61 Å². The second-order valence-electron chi connectivity index (χ2n) is 6.37. The first-order valence-electron chi connectivity index (χ1n) is 9.03. The van der Waals surface area contributed by atoms with Gasteiger partial charge in [-0.05, 0) is 53.6 Å². The number of hydrogen-bond acceptors (Lipinski definition) is 5. The Kier molecular flexibility index (Phi) is 6.85. The summed E-state index contributed by atoms with van der Waals surface area (Å²) in [5.74, 6) is 0.308. The number of halogens is 2. The number of nitrogens with zero attached hydrogens (tertiary/aromatic N) is 2. The van der Waals surface area contributed by atoms with E-state index in [9.17, 15) is 19.8 Å². The minimum absolute atomic E-state index is 0.0563. The average molecular weight is 439 g/mol. The predicted molar refractivity (Wildman–Crippen MR) is 115 cm³/mol. The van der Waals surface area contributed by atoms with E-state index in [0.29, 0.717) is 28.2 Å². The van der Waals surface area contributed by atoms with Crippen LogP contribution in [0.3, 0.4) is 0 Å². The van der Waals surface area contributed by atoms with E-state index in [1.807, 2.05) is 0 Å². The Labute approximate surface area is 182 Å². The molecule has 31 heavy (non-hydrogen) atoms. The van der Waals surface area contributed by atoms with Gasteiger partial charge in [-0.3, -0.25) is 10.1 Å². The highest BCUT2D eigenvalue weighted by molar-refractivity contribution is 6.31. The van der Waals surface area contributed by atoms with Crippen LogP contribution in [-0.4, -0.2) is 12.0 Å². The molecular weight excluding hydrogens is 423 g/mol. The lowest BCUT2D eigenvalue weighted by Crippen LogP contribution is -2.01. The Bertz CT molecular complexity index is 1170. The van der Waals surface area contributed by atoms with Crippen molar-refractivity contribution in [2.24, 2.45) is 0 Å². The van der Waals surface area contributed by atoms with Crippen molar-refractivity contribution in [2.75, 3.05) is 7.11 Å². The van der Waals surface area contributed by atoms with Crippen LogP contribution in [0.25, 0.3) is 11.6 Å². The molecule has 3 aromatic carbocycles. The van der Waals surface area contributed by atoms with Crippen molar-refractivity contribution in [3.8, 4) is 17.6 Å². The number of rotatable bonds is 7. The number of allylic oxidation sites excluding steroid dienone is 1. The fraction of sp³-hybridized carbons (Fsp3) is 0.0870. The average Bonchev–Trinajstić information content (AvgIpc) is 2.77. The molecule has 0 fully saturated rings. The van der Waals surface area contributed by atoms with E-state index in [1.54, 1.807) is 30.3 Å². The van der Waals surface area contributed by atoms with E-state index in [4.69, 9.17) is 21.1 Å². The summed E-state index contributed by atoms with van der Waals surface area (Å²) in [6.07, 6.45) is 1.63. The minimum Gasteiger partial charge on any atom is -0.493 e. The van der Waals surface area contributed by atoms with Crippen molar-refractivity contribution in [1.29, 1.82) is 5.26 Å². The maximum absolute atomic E-state index is 13.9. The van der Waals surface area contributed by atoms with Gasteiger partial charge in [0.15, 0.2) is 11.5 Å². The fourth-order valence-corrected chi connectivity index (χ4v) is 3.04. The highest BCUT2D eigenvalue weighted by atomic mass is 35.5. The number of nitriles is 1. The Hall–Kier alpha value is -3.89. The smallest absolute Gasteiger partial charge is 0.269 e. The molecule has 0 aromatic heterocycles. The van der Waals surface area contributed by atoms with Gasteiger partial charge in [0.25, 0.3) is 5.69 Å². The van der Waals surface area contributed by atoms with Crippen LogP contribution in [-0.2, 0) is 6.61 Å². The largest absolute Gasteiger partial charge is 0.493 e. The molecule has 0 unspecified atom stereocenters. The number of hydrogen-bond donors (Lipinski definition) is 0. The quantitative estimate of drug-likeness (QED) is 0.194. The second-order valence-corrected chi connectivity index (χ2v) is 6.78. The molecule has 0 amide bonds. The minimum atomic E-state index is -0.502. The van der Waals surface area contributed by atoms with Gasteiger partial charge in [0.1, 0.15) is 12.4 Å². The second kappa shape index (κ2) is 9.74. The van der Waals surface area contributed by atoms with Gasteiger partial charge in [0, 0.05) is 17.7 Å². The molecule has 0 heterocycles. The first kappa shape index (κ1) is 21.8. The lowest BCUT2D eigenvalue weighted by atomic mass is 10.0. The number of non-ortho nitro benzene ring substituents is 1. The third-order valence-corrected chi connectivity index (χ3v) is 4.80. The third-order valence-electron chi connectivity index (χ3n) is 4.44. The molecule has 0 bridgehead atoms. The summed E-state index contributed by atoms with van der Waals surface area (Å²) in [6, 6.07) is 17.2. The van der Waals surface area contributed by atoms with Crippen molar-refractivity contribution in [1.82, 2.24) is 0 Å². The van der Waals surface area contributed by atoms with E-state index in [0.717, 1.165) is 0 Å². The van der Waals surface area contributed by atoms with Gasteiger partial charge >= 0.3 is 0 Å². The van der Waals surface area contributed by atoms with Crippen molar-refractivity contribution < 1.29 is 18.8 Å². The van der Waals surface area contributed by atoms with Crippen molar-refractivity contribution in [3.63, 3.8) is 0 Å².